The van der Waals surface area contributed by atoms with Crippen molar-refractivity contribution < 1.29 is 17.6 Å². The predicted molar refractivity (Wildman–Crippen MR) is 85.8 cm³/mol. The molecule has 23 heavy (non-hydrogen) atoms. The zero-order valence-corrected chi connectivity index (χ0v) is 13.9. The fraction of sp³-hybridized carbons (Fsp3) is 0.438. The van der Waals surface area contributed by atoms with E-state index in [1.165, 1.54) is 16.4 Å². The molecule has 1 aromatic rings. The number of sulfonamides is 1. The molecule has 1 aliphatic rings. The Hall–Kier alpha value is -1.73. The molecule has 7 heteroatoms. The summed E-state index contributed by atoms with van der Waals surface area (Å²) in [5.41, 5.74) is 0.385. The maximum atomic E-state index is 13.2. The smallest absolute Gasteiger partial charge is 0.243 e. The number of nitrogens with one attached hydrogen (secondary N) is 1. The van der Waals surface area contributed by atoms with Gasteiger partial charge in [-0.05, 0) is 43.5 Å². The lowest BCUT2D eigenvalue weighted by Gasteiger charge is -2.30. The van der Waals surface area contributed by atoms with Crippen LogP contribution in [0.3, 0.4) is 0 Å². The van der Waals surface area contributed by atoms with Crippen molar-refractivity contribution in [2.45, 2.75) is 24.7 Å². The Kier molecular flexibility index (Phi) is 5.54. The number of carbonyl (C=O) groups excluding carboxylic acids is 1. The zero-order chi connectivity index (χ0) is 17.0. The Balaban J connectivity index is 2.06. The number of aryl methyl sites for hydroxylation is 1. The Bertz CT molecular complexity index is 695. The van der Waals surface area contributed by atoms with Crippen molar-refractivity contribution in [3.63, 3.8) is 0 Å². The first-order valence-corrected chi connectivity index (χ1v) is 8.95. The van der Waals surface area contributed by atoms with Gasteiger partial charge in [-0.3, -0.25) is 4.79 Å². The van der Waals surface area contributed by atoms with E-state index in [1.807, 2.05) is 0 Å². The number of halogens is 1. The van der Waals surface area contributed by atoms with Crippen LogP contribution in [0, 0.1) is 18.7 Å². The molecular weight excluding hydrogens is 319 g/mol. The first kappa shape index (κ1) is 17.6. The SMILES string of the molecule is C=CCNC(=O)C1CCN(S(=O)(=O)c2ccc(F)cc2C)CC1. The van der Waals surface area contributed by atoms with E-state index in [0.29, 0.717) is 24.9 Å². The molecular formula is C16H21FN2O3S. The van der Waals surface area contributed by atoms with Gasteiger partial charge in [-0.2, -0.15) is 4.31 Å². The van der Waals surface area contributed by atoms with Crippen LogP contribution in [0.1, 0.15) is 18.4 Å². The van der Waals surface area contributed by atoms with Crippen LogP contribution in [0.15, 0.2) is 35.7 Å². The molecule has 0 aliphatic carbocycles. The lowest BCUT2D eigenvalue weighted by Crippen LogP contribution is -2.43. The van der Waals surface area contributed by atoms with E-state index in [0.717, 1.165) is 6.07 Å². The predicted octanol–water partition coefficient (Wildman–Crippen LogP) is 1.84. The van der Waals surface area contributed by atoms with Crippen molar-refractivity contribution in [1.29, 1.82) is 0 Å². The van der Waals surface area contributed by atoms with Gasteiger partial charge in [0.15, 0.2) is 0 Å². The first-order valence-electron chi connectivity index (χ1n) is 7.51. The van der Waals surface area contributed by atoms with Gasteiger partial charge < -0.3 is 5.32 Å². The van der Waals surface area contributed by atoms with E-state index in [4.69, 9.17) is 0 Å². The number of benzene rings is 1. The van der Waals surface area contributed by atoms with Crippen molar-refractivity contribution >= 4 is 15.9 Å². The number of carbonyl (C=O) groups is 1. The molecule has 1 heterocycles. The van der Waals surface area contributed by atoms with E-state index < -0.39 is 15.8 Å². The molecule has 2 rings (SSSR count). The minimum absolute atomic E-state index is 0.0695. The molecule has 1 aliphatic heterocycles. The number of piperidine rings is 1. The lowest BCUT2D eigenvalue weighted by atomic mass is 9.97. The van der Waals surface area contributed by atoms with E-state index in [9.17, 15) is 17.6 Å². The van der Waals surface area contributed by atoms with Gasteiger partial charge >= 0.3 is 0 Å². The molecule has 1 saturated heterocycles. The van der Waals surface area contributed by atoms with Crippen molar-refractivity contribution in [3.05, 3.63) is 42.2 Å². The quantitative estimate of drug-likeness (QED) is 0.832. The summed E-state index contributed by atoms with van der Waals surface area (Å²) in [6, 6.07) is 3.65. The van der Waals surface area contributed by atoms with E-state index in [-0.39, 0.29) is 29.8 Å². The van der Waals surface area contributed by atoms with Gasteiger partial charge in [0.2, 0.25) is 15.9 Å². The molecule has 0 aromatic heterocycles. The Morgan fingerprint density at radius 1 is 1.43 bits per heavy atom. The largest absolute Gasteiger partial charge is 0.352 e. The van der Waals surface area contributed by atoms with Gasteiger partial charge in [0.05, 0.1) is 4.90 Å². The number of hydrogen-bond donors (Lipinski definition) is 1. The van der Waals surface area contributed by atoms with Crippen LogP contribution < -0.4 is 5.32 Å². The summed E-state index contributed by atoms with van der Waals surface area (Å²) in [6.07, 6.45) is 2.56. The molecule has 0 unspecified atom stereocenters. The maximum absolute atomic E-state index is 13.2. The van der Waals surface area contributed by atoms with Crippen LogP contribution in [-0.2, 0) is 14.8 Å². The van der Waals surface area contributed by atoms with E-state index in [1.54, 1.807) is 13.0 Å². The highest BCUT2D eigenvalue weighted by Crippen LogP contribution is 2.26. The average molecular weight is 340 g/mol. The third-order valence-electron chi connectivity index (χ3n) is 4.00. The first-order chi connectivity index (χ1) is 10.9. The van der Waals surface area contributed by atoms with Crippen molar-refractivity contribution in [2.75, 3.05) is 19.6 Å². The molecule has 1 fully saturated rings. The van der Waals surface area contributed by atoms with Gasteiger partial charge in [0, 0.05) is 25.6 Å². The highest BCUT2D eigenvalue weighted by Gasteiger charge is 2.32. The van der Waals surface area contributed by atoms with Crippen molar-refractivity contribution in [1.82, 2.24) is 9.62 Å². The summed E-state index contributed by atoms with van der Waals surface area (Å²) in [4.78, 5) is 12.0. The standard InChI is InChI=1S/C16H21FN2O3S/c1-3-8-18-16(20)13-6-9-19(10-7-13)23(21,22)15-5-4-14(17)11-12(15)2/h3-5,11,13H,1,6-10H2,2H3,(H,18,20). The highest BCUT2D eigenvalue weighted by atomic mass is 32.2. The van der Waals surface area contributed by atoms with Crippen LogP contribution in [0.5, 0.6) is 0 Å². The molecule has 0 radical (unpaired) electrons. The number of rotatable bonds is 5. The van der Waals surface area contributed by atoms with Crippen LogP contribution in [0.25, 0.3) is 0 Å². The number of hydrogen-bond acceptors (Lipinski definition) is 3. The highest BCUT2D eigenvalue weighted by molar-refractivity contribution is 7.89. The fourth-order valence-electron chi connectivity index (χ4n) is 2.72. The molecule has 5 nitrogen and oxygen atoms in total. The van der Waals surface area contributed by atoms with Crippen molar-refractivity contribution in [3.8, 4) is 0 Å². The number of nitrogens with zero attached hydrogens (tertiary/aromatic N) is 1. The number of amides is 1. The minimum Gasteiger partial charge on any atom is -0.352 e. The normalized spacial score (nSPS) is 17.0. The third kappa shape index (κ3) is 3.97. The maximum Gasteiger partial charge on any atom is 0.243 e. The fourth-order valence-corrected chi connectivity index (χ4v) is 4.39. The monoisotopic (exact) mass is 340 g/mol. The van der Waals surface area contributed by atoms with Gasteiger partial charge in [-0.25, -0.2) is 12.8 Å². The summed E-state index contributed by atoms with van der Waals surface area (Å²) >= 11 is 0. The summed E-state index contributed by atoms with van der Waals surface area (Å²) in [7, 11) is -3.66. The Morgan fingerprint density at radius 3 is 2.65 bits per heavy atom. The summed E-state index contributed by atoms with van der Waals surface area (Å²) in [5.74, 6) is -0.713. The Labute approximate surface area is 136 Å². The second-order valence-electron chi connectivity index (χ2n) is 5.62. The Morgan fingerprint density at radius 2 is 2.09 bits per heavy atom. The molecule has 0 saturated carbocycles. The molecule has 1 N–H and O–H groups in total. The molecule has 1 amide bonds. The molecule has 0 atom stereocenters. The minimum atomic E-state index is -3.66. The molecule has 0 bridgehead atoms. The van der Waals surface area contributed by atoms with E-state index in [2.05, 4.69) is 11.9 Å². The van der Waals surface area contributed by atoms with Crippen LogP contribution >= 0.6 is 0 Å². The topological polar surface area (TPSA) is 66.5 Å². The van der Waals surface area contributed by atoms with Gasteiger partial charge in [0.1, 0.15) is 5.82 Å². The summed E-state index contributed by atoms with van der Waals surface area (Å²) in [6.45, 7) is 6.09. The molecule has 126 valence electrons. The summed E-state index contributed by atoms with van der Waals surface area (Å²) < 4.78 is 39.8. The van der Waals surface area contributed by atoms with Gasteiger partial charge in [-0.1, -0.05) is 6.08 Å². The second-order valence-corrected chi connectivity index (χ2v) is 7.53. The molecule has 1 aromatic carbocycles. The van der Waals surface area contributed by atoms with Crippen LogP contribution in [0.4, 0.5) is 4.39 Å². The van der Waals surface area contributed by atoms with Crippen LogP contribution in [-0.4, -0.2) is 38.3 Å². The van der Waals surface area contributed by atoms with Gasteiger partial charge in [-0.15, -0.1) is 6.58 Å². The van der Waals surface area contributed by atoms with Gasteiger partial charge in [0.25, 0.3) is 0 Å². The van der Waals surface area contributed by atoms with E-state index >= 15 is 0 Å². The second kappa shape index (κ2) is 7.23. The summed E-state index contributed by atoms with van der Waals surface area (Å²) in [5, 5.41) is 2.74. The van der Waals surface area contributed by atoms with Crippen molar-refractivity contribution in [2.24, 2.45) is 5.92 Å². The average Bonchev–Trinajstić information content (AvgIpc) is 2.52. The lowest BCUT2D eigenvalue weighted by molar-refractivity contribution is -0.125. The zero-order valence-electron chi connectivity index (χ0n) is 13.1. The van der Waals surface area contributed by atoms with Crippen LogP contribution in [0.2, 0.25) is 0 Å². The third-order valence-corrected chi connectivity index (χ3v) is 6.06. The molecule has 0 spiro atoms.